The van der Waals surface area contributed by atoms with Crippen molar-refractivity contribution in [3.05, 3.63) is 23.8 Å². The van der Waals surface area contributed by atoms with E-state index < -0.39 is 22.1 Å². The van der Waals surface area contributed by atoms with Gasteiger partial charge in [-0.1, -0.05) is 0 Å². The molecule has 2 N–H and O–H groups in total. The van der Waals surface area contributed by atoms with Crippen molar-refractivity contribution in [3.8, 4) is 5.75 Å². The summed E-state index contributed by atoms with van der Waals surface area (Å²) in [6, 6.07) is 3.58. The van der Waals surface area contributed by atoms with Crippen molar-refractivity contribution < 1.29 is 28.2 Å². The Kier molecular flexibility index (Phi) is 5.70. The first-order chi connectivity index (χ1) is 9.70. The highest BCUT2D eigenvalue weighted by molar-refractivity contribution is 7.89. The number of ether oxygens (including phenoxy) is 1. The van der Waals surface area contributed by atoms with Gasteiger partial charge in [-0.25, -0.2) is 17.5 Å². The van der Waals surface area contributed by atoms with Gasteiger partial charge in [-0.3, -0.25) is 0 Å². The van der Waals surface area contributed by atoms with E-state index in [2.05, 4.69) is 0 Å². The zero-order chi connectivity index (χ0) is 16.2. The predicted octanol–water partition coefficient (Wildman–Crippen LogP) is 0.785. The third-order valence-corrected chi connectivity index (χ3v) is 4.86. The highest BCUT2D eigenvalue weighted by Crippen LogP contribution is 2.27. The smallest absolute Gasteiger partial charge is 0.335 e. The summed E-state index contributed by atoms with van der Waals surface area (Å²) >= 11 is 0. The van der Waals surface area contributed by atoms with Gasteiger partial charge in [-0.15, -0.1) is 0 Å². The molecule has 0 aliphatic carbocycles. The van der Waals surface area contributed by atoms with Crippen LogP contribution in [0.3, 0.4) is 0 Å². The molecule has 0 heterocycles. The minimum Gasteiger partial charge on any atom is -0.495 e. The number of hydrogen-bond donors (Lipinski definition) is 2. The predicted molar refractivity (Wildman–Crippen MR) is 76.1 cm³/mol. The van der Waals surface area contributed by atoms with Gasteiger partial charge in [0.15, 0.2) is 0 Å². The van der Waals surface area contributed by atoms with Crippen LogP contribution in [0.15, 0.2) is 23.1 Å². The third kappa shape index (κ3) is 4.16. The standard InChI is InChI=1S/C13H19NO6S/c1-9(15)6-7-14(2)21(18,19)12-5-4-10(13(16)17)8-11(12)20-3/h4-5,8-9,15H,6-7H2,1-3H3,(H,16,17). The van der Waals surface area contributed by atoms with Crippen LogP contribution in [0.4, 0.5) is 0 Å². The van der Waals surface area contributed by atoms with Crippen molar-refractivity contribution in [1.82, 2.24) is 4.31 Å². The SMILES string of the molecule is COc1cc(C(=O)O)ccc1S(=O)(=O)N(C)CCC(C)O. The normalized spacial score (nSPS) is 13.2. The summed E-state index contributed by atoms with van der Waals surface area (Å²) in [6.45, 7) is 1.71. The van der Waals surface area contributed by atoms with Gasteiger partial charge in [0.2, 0.25) is 10.0 Å². The molecule has 0 radical (unpaired) electrons. The summed E-state index contributed by atoms with van der Waals surface area (Å²) in [6.07, 6.45) is -0.315. The lowest BCUT2D eigenvalue weighted by atomic mass is 10.2. The average molecular weight is 317 g/mol. The molecule has 1 unspecified atom stereocenters. The number of methoxy groups -OCH3 is 1. The van der Waals surface area contributed by atoms with Crippen LogP contribution < -0.4 is 4.74 Å². The van der Waals surface area contributed by atoms with E-state index in [1.807, 2.05) is 0 Å². The second kappa shape index (κ2) is 6.88. The molecule has 0 amide bonds. The molecular formula is C13H19NO6S. The summed E-state index contributed by atoms with van der Waals surface area (Å²) in [5.74, 6) is -1.20. The number of aliphatic hydroxyl groups excluding tert-OH is 1. The minimum absolute atomic E-state index is 0.0289. The molecule has 0 aromatic heterocycles. The highest BCUT2D eigenvalue weighted by Gasteiger charge is 2.25. The maximum absolute atomic E-state index is 12.4. The summed E-state index contributed by atoms with van der Waals surface area (Å²) in [4.78, 5) is 10.8. The van der Waals surface area contributed by atoms with Crippen LogP contribution in [0.25, 0.3) is 0 Å². The second-order valence-corrected chi connectivity index (χ2v) is 6.65. The topological polar surface area (TPSA) is 104 Å². The van der Waals surface area contributed by atoms with Gasteiger partial charge in [-0.2, -0.15) is 0 Å². The fourth-order valence-corrected chi connectivity index (χ4v) is 2.99. The molecule has 1 aromatic carbocycles. The monoisotopic (exact) mass is 317 g/mol. The molecule has 1 rings (SSSR count). The Morgan fingerprint density at radius 1 is 1.43 bits per heavy atom. The van der Waals surface area contributed by atoms with Gasteiger partial charge in [0, 0.05) is 13.6 Å². The molecular weight excluding hydrogens is 298 g/mol. The molecule has 21 heavy (non-hydrogen) atoms. The number of carboxylic acid groups (broad SMARTS) is 1. The van der Waals surface area contributed by atoms with E-state index in [0.29, 0.717) is 6.42 Å². The zero-order valence-electron chi connectivity index (χ0n) is 12.1. The van der Waals surface area contributed by atoms with Crippen LogP contribution in [-0.2, 0) is 10.0 Å². The molecule has 7 nitrogen and oxygen atoms in total. The fourth-order valence-electron chi connectivity index (χ4n) is 1.67. The minimum atomic E-state index is -3.82. The lowest BCUT2D eigenvalue weighted by Crippen LogP contribution is -2.30. The molecule has 8 heteroatoms. The number of hydrogen-bond acceptors (Lipinski definition) is 5. The largest absolute Gasteiger partial charge is 0.495 e. The number of rotatable bonds is 7. The first-order valence-corrected chi connectivity index (χ1v) is 7.70. The van der Waals surface area contributed by atoms with Crippen molar-refractivity contribution in [2.75, 3.05) is 20.7 Å². The van der Waals surface area contributed by atoms with Crippen LogP contribution in [0.5, 0.6) is 5.75 Å². The first kappa shape index (κ1) is 17.4. The molecule has 1 atom stereocenters. The van der Waals surface area contributed by atoms with Crippen LogP contribution >= 0.6 is 0 Å². The van der Waals surface area contributed by atoms with E-state index in [0.717, 1.165) is 10.4 Å². The molecule has 0 saturated heterocycles. The number of benzene rings is 1. The molecule has 0 bridgehead atoms. The van der Waals surface area contributed by atoms with Crippen molar-refractivity contribution in [3.63, 3.8) is 0 Å². The molecule has 0 fully saturated rings. The van der Waals surface area contributed by atoms with Crippen LogP contribution in [0.1, 0.15) is 23.7 Å². The number of aliphatic hydroxyl groups is 1. The van der Waals surface area contributed by atoms with Crippen molar-refractivity contribution in [1.29, 1.82) is 0 Å². The summed E-state index contributed by atoms with van der Waals surface area (Å²) in [5, 5.41) is 18.1. The number of sulfonamides is 1. The van der Waals surface area contributed by atoms with Gasteiger partial charge in [0.1, 0.15) is 10.6 Å². The van der Waals surface area contributed by atoms with E-state index in [1.54, 1.807) is 6.92 Å². The Hall–Kier alpha value is -1.64. The summed E-state index contributed by atoms with van der Waals surface area (Å²) < 4.78 is 30.9. The molecule has 118 valence electrons. The Labute approximate surface area is 123 Å². The molecule has 1 aromatic rings. The Bertz CT molecular complexity index is 611. The summed E-state index contributed by atoms with van der Waals surface area (Å²) in [5.41, 5.74) is -0.0579. The van der Waals surface area contributed by atoms with E-state index in [4.69, 9.17) is 9.84 Å². The van der Waals surface area contributed by atoms with Gasteiger partial charge >= 0.3 is 5.97 Å². The lowest BCUT2D eigenvalue weighted by molar-refractivity contribution is 0.0696. The molecule has 0 aliphatic heterocycles. The van der Waals surface area contributed by atoms with E-state index in [9.17, 15) is 18.3 Å². The second-order valence-electron chi connectivity index (χ2n) is 4.64. The Morgan fingerprint density at radius 3 is 2.52 bits per heavy atom. The number of carboxylic acids is 1. The van der Waals surface area contributed by atoms with Crippen molar-refractivity contribution in [2.45, 2.75) is 24.3 Å². The van der Waals surface area contributed by atoms with Crippen molar-refractivity contribution in [2.24, 2.45) is 0 Å². The van der Waals surface area contributed by atoms with Crippen LogP contribution in [0, 0.1) is 0 Å². The fraction of sp³-hybridized carbons (Fsp3) is 0.462. The van der Waals surface area contributed by atoms with E-state index in [1.165, 1.54) is 26.3 Å². The van der Waals surface area contributed by atoms with Gasteiger partial charge in [0.05, 0.1) is 18.8 Å². The van der Waals surface area contributed by atoms with Crippen LogP contribution in [0.2, 0.25) is 0 Å². The molecule has 0 aliphatic rings. The van der Waals surface area contributed by atoms with Gasteiger partial charge in [-0.05, 0) is 31.5 Å². The maximum atomic E-state index is 12.4. The quantitative estimate of drug-likeness (QED) is 0.770. The highest BCUT2D eigenvalue weighted by atomic mass is 32.2. The number of nitrogens with zero attached hydrogens (tertiary/aromatic N) is 1. The summed E-state index contributed by atoms with van der Waals surface area (Å²) in [7, 11) is -1.15. The zero-order valence-corrected chi connectivity index (χ0v) is 12.9. The number of carbonyl (C=O) groups is 1. The maximum Gasteiger partial charge on any atom is 0.335 e. The first-order valence-electron chi connectivity index (χ1n) is 6.26. The van der Waals surface area contributed by atoms with Gasteiger partial charge in [0.25, 0.3) is 0 Å². The van der Waals surface area contributed by atoms with E-state index >= 15 is 0 Å². The number of aromatic carboxylic acids is 1. The van der Waals surface area contributed by atoms with E-state index in [-0.39, 0.29) is 22.8 Å². The Morgan fingerprint density at radius 2 is 2.05 bits per heavy atom. The Balaban J connectivity index is 3.16. The molecule has 0 saturated carbocycles. The average Bonchev–Trinajstić information content (AvgIpc) is 2.43. The lowest BCUT2D eigenvalue weighted by Gasteiger charge is -2.19. The van der Waals surface area contributed by atoms with Gasteiger partial charge < -0.3 is 14.9 Å². The van der Waals surface area contributed by atoms with Crippen LogP contribution in [-0.4, -0.2) is 55.7 Å². The van der Waals surface area contributed by atoms with Crippen molar-refractivity contribution >= 4 is 16.0 Å². The molecule has 0 spiro atoms. The third-order valence-electron chi connectivity index (χ3n) is 2.96.